The van der Waals surface area contributed by atoms with Crippen molar-refractivity contribution in [2.24, 2.45) is 0 Å². The summed E-state index contributed by atoms with van der Waals surface area (Å²) in [6.45, 7) is 8.28. The summed E-state index contributed by atoms with van der Waals surface area (Å²) in [6.07, 6.45) is 5.62. The van der Waals surface area contributed by atoms with E-state index in [-0.39, 0.29) is 0 Å². The van der Waals surface area contributed by atoms with E-state index in [1.807, 2.05) is 48.7 Å². The molecule has 0 fully saturated rings. The number of imidazole rings is 2. The van der Waals surface area contributed by atoms with Gasteiger partial charge in [0.05, 0.1) is 16.9 Å². The summed E-state index contributed by atoms with van der Waals surface area (Å²) in [5.41, 5.74) is 8.10. The van der Waals surface area contributed by atoms with Crippen LogP contribution in [0.3, 0.4) is 0 Å². The van der Waals surface area contributed by atoms with Crippen LogP contribution < -0.4 is 0 Å². The molecule has 7 rings (SSSR count). The first kappa shape index (κ1) is 21.1. The van der Waals surface area contributed by atoms with Gasteiger partial charge in [-0.3, -0.25) is 13.5 Å². The second-order valence-corrected chi connectivity index (χ2v) is 8.89. The first-order valence-corrected chi connectivity index (χ1v) is 12.2. The molecule has 5 heteroatoms. The minimum absolute atomic E-state index is 0.769. The van der Waals surface area contributed by atoms with Gasteiger partial charge in [-0.05, 0) is 48.0 Å². The van der Waals surface area contributed by atoms with Gasteiger partial charge < -0.3 is 0 Å². The second kappa shape index (κ2) is 8.21. The van der Waals surface area contributed by atoms with Gasteiger partial charge in [0, 0.05) is 22.8 Å². The van der Waals surface area contributed by atoms with E-state index in [2.05, 4.69) is 93.4 Å². The molecule has 0 N–H and O–H groups in total. The number of rotatable bonds is 5. The van der Waals surface area contributed by atoms with Gasteiger partial charge in [0.15, 0.2) is 5.65 Å². The maximum atomic E-state index is 5.19. The van der Waals surface area contributed by atoms with Gasteiger partial charge >= 0.3 is 0 Å². The van der Waals surface area contributed by atoms with Crippen molar-refractivity contribution in [3.8, 4) is 22.6 Å². The standard InChI is InChI=1S/C32H23N5/c1-3-26-27(4-2)37-31-30(25-17-11-12-18-28(25)35(31)24-15-9-6-10-16-24)34-32(37)36(26)29-20-19-23(21-33-29)22-13-7-5-8-14-22/h3-21H,1-2H2. The van der Waals surface area contributed by atoms with Crippen LogP contribution in [0.25, 0.3) is 62.6 Å². The third kappa shape index (κ3) is 3.04. The molecule has 0 amide bonds. The van der Waals surface area contributed by atoms with E-state index in [0.717, 1.165) is 61.9 Å². The Hall–Kier alpha value is -5.16. The number of nitrogens with zero attached hydrogens (tertiary/aromatic N) is 5. The average Bonchev–Trinajstić information content (AvgIpc) is 3.59. The van der Waals surface area contributed by atoms with Gasteiger partial charge in [0.25, 0.3) is 0 Å². The van der Waals surface area contributed by atoms with Crippen molar-refractivity contribution in [2.45, 2.75) is 0 Å². The summed E-state index contributed by atoms with van der Waals surface area (Å²) in [6, 6.07) is 33.2. The van der Waals surface area contributed by atoms with Crippen LogP contribution in [0.1, 0.15) is 11.4 Å². The number of hydrogen-bond donors (Lipinski definition) is 0. The van der Waals surface area contributed by atoms with E-state index < -0.39 is 0 Å². The molecule has 0 saturated heterocycles. The molecule has 0 bridgehead atoms. The molecule has 37 heavy (non-hydrogen) atoms. The molecular formula is C32H23N5. The molecule has 176 valence electrons. The molecule has 0 aliphatic heterocycles. The lowest BCUT2D eigenvalue weighted by Crippen LogP contribution is -2.01. The number of benzene rings is 3. The molecule has 0 aliphatic rings. The van der Waals surface area contributed by atoms with Crippen molar-refractivity contribution in [1.29, 1.82) is 0 Å². The molecular weight excluding hydrogens is 454 g/mol. The summed E-state index contributed by atoms with van der Waals surface area (Å²) in [7, 11) is 0. The van der Waals surface area contributed by atoms with Crippen molar-refractivity contribution in [2.75, 3.05) is 0 Å². The largest absolute Gasteiger partial charge is 0.294 e. The molecule has 0 atom stereocenters. The fourth-order valence-electron chi connectivity index (χ4n) is 5.25. The van der Waals surface area contributed by atoms with Crippen LogP contribution in [0, 0.1) is 0 Å². The summed E-state index contributed by atoms with van der Waals surface area (Å²) in [5, 5.41) is 1.10. The van der Waals surface area contributed by atoms with E-state index in [0.29, 0.717) is 0 Å². The molecule has 7 aromatic rings. The van der Waals surface area contributed by atoms with Crippen LogP contribution in [0.5, 0.6) is 0 Å². The first-order chi connectivity index (χ1) is 18.3. The Morgan fingerprint density at radius 1 is 0.649 bits per heavy atom. The number of aromatic nitrogens is 5. The number of pyridine rings is 1. The fourth-order valence-corrected chi connectivity index (χ4v) is 5.25. The van der Waals surface area contributed by atoms with Crippen LogP contribution in [0.4, 0.5) is 0 Å². The molecule has 0 aliphatic carbocycles. The Bertz CT molecular complexity index is 1940. The summed E-state index contributed by atoms with van der Waals surface area (Å²) in [4.78, 5) is 10.0. The SMILES string of the molecule is C=Cc1c(C=C)n2c(nc3c4ccccc4n(-c4ccccc4)c32)n1-c1ccc(-c2ccccc2)cn1. The van der Waals surface area contributed by atoms with E-state index >= 15 is 0 Å². The molecule has 0 radical (unpaired) electrons. The van der Waals surface area contributed by atoms with E-state index in [1.54, 1.807) is 0 Å². The molecule has 5 nitrogen and oxygen atoms in total. The van der Waals surface area contributed by atoms with E-state index in [9.17, 15) is 0 Å². The fraction of sp³-hybridized carbons (Fsp3) is 0. The Kier molecular flexibility index (Phi) is 4.69. The molecule has 0 saturated carbocycles. The highest BCUT2D eigenvalue weighted by Crippen LogP contribution is 2.36. The van der Waals surface area contributed by atoms with Crippen molar-refractivity contribution >= 4 is 40.0 Å². The maximum absolute atomic E-state index is 5.19. The Morgan fingerprint density at radius 2 is 1.35 bits per heavy atom. The van der Waals surface area contributed by atoms with Gasteiger partial charge in [-0.25, -0.2) is 9.97 Å². The predicted octanol–water partition coefficient (Wildman–Crippen LogP) is 7.57. The van der Waals surface area contributed by atoms with Gasteiger partial charge in [-0.1, -0.05) is 79.9 Å². The van der Waals surface area contributed by atoms with Crippen LogP contribution in [-0.2, 0) is 0 Å². The van der Waals surface area contributed by atoms with Crippen molar-refractivity contribution in [3.05, 3.63) is 128 Å². The Morgan fingerprint density at radius 3 is 2.05 bits per heavy atom. The van der Waals surface area contributed by atoms with Crippen LogP contribution in [0.2, 0.25) is 0 Å². The monoisotopic (exact) mass is 477 g/mol. The van der Waals surface area contributed by atoms with Crippen molar-refractivity contribution in [1.82, 2.24) is 23.5 Å². The summed E-state index contributed by atoms with van der Waals surface area (Å²) < 4.78 is 6.49. The summed E-state index contributed by atoms with van der Waals surface area (Å²) in [5.74, 6) is 1.54. The normalized spacial score (nSPS) is 11.5. The minimum atomic E-state index is 0.769. The van der Waals surface area contributed by atoms with E-state index in [1.165, 1.54) is 0 Å². The molecule has 0 unspecified atom stereocenters. The van der Waals surface area contributed by atoms with Gasteiger partial charge in [-0.2, -0.15) is 0 Å². The lowest BCUT2D eigenvalue weighted by Gasteiger charge is -2.07. The smallest absolute Gasteiger partial charge is 0.223 e. The van der Waals surface area contributed by atoms with Gasteiger partial charge in [0.1, 0.15) is 11.3 Å². The Labute approximate surface area is 213 Å². The quantitative estimate of drug-likeness (QED) is 0.256. The lowest BCUT2D eigenvalue weighted by atomic mass is 10.1. The number of hydrogen-bond acceptors (Lipinski definition) is 2. The number of para-hydroxylation sites is 2. The van der Waals surface area contributed by atoms with Crippen molar-refractivity contribution in [3.63, 3.8) is 0 Å². The molecule has 0 spiro atoms. The highest BCUT2D eigenvalue weighted by molar-refractivity contribution is 6.07. The minimum Gasteiger partial charge on any atom is -0.294 e. The highest BCUT2D eigenvalue weighted by Gasteiger charge is 2.25. The van der Waals surface area contributed by atoms with Gasteiger partial charge in [-0.15, -0.1) is 0 Å². The highest BCUT2D eigenvalue weighted by atomic mass is 15.3. The zero-order valence-electron chi connectivity index (χ0n) is 20.1. The van der Waals surface area contributed by atoms with Crippen LogP contribution in [0.15, 0.2) is 116 Å². The lowest BCUT2D eigenvalue weighted by molar-refractivity contribution is 1.00. The molecule has 3 aromatic carbocycles. The van der Waals surface area contributed by atoms with Crippen molar-refractivity contribution < 1.29 is 0 Å². The first-order valence-electron chi connectivity index (χ1n) is 12.2. The molecule has 4 heterocycles. The zero-order valence-corrected chi connectivity index (χ0v) is 20.1. The number of fused-ring (bicyclic) bond motifs is 5. The third-order valence-electron chi connectivity index (χ3n) is 6.88. The topological polar surface area (TPSA) is 40.0 Å². The average molecular weight is 478 g/mol. The van der Waals surface area contributed by atoms with Gasteiger partial charge in [0.2, 0.25) is 5.78 Å². The Balaban J connectivity index is 1.56. The zero-order chi connectivity index (χ0) is 24.9. The molecule has 4 aromatic heterocycles. The predicted molar refractivity (Wildman–Crippen MR) is 152 cm³/mol. The second-order valence-electron chi connectivity index (χ2n) is 8.89. The summed E-state index contributed by atoms with van der Waals surface area (Å²) >= 11 is 0. The van der Waals surface area contributed by atoms with E-state index in [4.69, 9.17) is 9.97 Å². The third-order valence-corrected chi connectivity index (χ3v) is 6.88. The maximum Gasteiger partial charge on any atom is 0.223 e. The van der Waals surface area contributed by atoms with Crippen LogP contribution in [-0.4, -0.2) is 23.5 Å². The van der Waals surface area contributed by atoms with Crippen LogP contribution >= 0.6 is 0 Å².